The number of fused-ring (bicyclic) bond motifs is 1. The Morgan fingerprint density at radius 2 is 1.87 bits per heavy atom. The highest BCUT2D eigenvalue weighted by molar-refractivity contribution is 7.79. The average molecular weight is 486 g/mol. The summed E-state index contributed by atoms with van der Waals surface area (Å²) in [5.74, 6) is -2.54. The zero-order chi connectivity index (χ0) is 22.3. The lowest BCUT2D eigenvalue weighted by Crippen LogP contribution is -2.33. The first-order chi connectivity index (χ1) is 13.8. The van der Waals surface area contributed by atoms with Crippen LogP contribution in [0.15, 0.2) is 12.7 Å². The summed E-state index contributed by atoms with van der Waals surface area (Å²) < 4.78 is 47.0. The van der Waals surface area contributed by atoms with Crippen molar-refractivity contribution in [3.63, 3.8) is 0 Å². The second-order valence-electron chi connectivity index (χ2n) is 6.84. The van der Waals surface area contributed by atoms with Crippen molar-refractivity contribution in [2.24, 2.45) is 5.73 Å². The van der Waals surface area contributed by atoms with Crippen LogP contribution < -0.4 is 11.5 Å². The topological polar surface area (TPSA) is 246 Å². The number of hydrogen-bond acceptors (Lipinski definition) is 10. The fourth-order valence-corrected chi connectivity index (χ4v) is 9.41. The van der Waals surface area contributed by atoms with Crippen molar-refractivity contribution in [3.8, 4) is 0 Å². The lowest BCUT2D eigenvalue weighted by molar-refractivity contribution is -0.0199. The van der Waals surface area contributed by atoms with Crippen molar-refractivity contribution in [2.75, 3.05) is 24.1 Å². The summed E-state index contributed by atoms with van der Waals surface area (Å²) >= 11 is 0. The van der Waals surface area contributed by atoms with E-state index in [1.165, 1.54) is 12.7 Å². The molecule has 0 aromatic carbocycles. The highest BCUT2D eigenvalue weighted by atomic mass is 31.3. The number of imidazole rings is 1. The van der Waals surface area contributed by atoms with Gasteiger partial charge < -0.3 is 40.3 Å². The van der Waals surface area contributed by atoms with Crippen LogP contribution in [0.1, 0.15) is 12.6 Å². The number of nitrogen functional groups attached to an aromatic ring is 1. The molecule has 1 saturated heterocycles. The molecular formula is C12H21N6O9P3. The Balaban J connectivity index is 1.64. The number of hydrogen-bond donors (Lipinski definition) is 6. The van der Waals surface area contributed by atoms with E-state index in [0.29, 0.717) is 11.2 Å². The van der Waals surface area contributed by atoms with Crippen LogP contribution in [-0.2, 0) is 23.0 Å². The lowest BCUT2D eigenvalue weighted by atomic mass is 10.1. The maximum Gasteiger partial charge on any atom is 0.337 e. The first-order valence-corrected chi connectivity index (χ1v) is 14.0. The summed E-state index contributed by atoms with van der Waals surface area (Å²) in [6.45, 7) is -0.481. The third kappa shape index (κ3) is 5.71. The maximum atomic E-state index is 12.1. The van der Waals surface area contributed by atoms with Crippen LogP contribution in [0.25, 0.3) is 11.2 Å². The molecule has 0 saturated carbocycles. The predicted octanol–water partition coefficient (Wildman–Crippen LogP) is -0.412. The van der Waals surface area contributed by atoms with Gasteiger partial charge in [0, 0.05) is 12.5 Å². The van der Waals surface area contributed by atoms with E-state index in [-0.39, 0.29) is 12.2 Å². The molecule has 1 aliphatic heterocycles. The Morgan fingerprint density at radius 3 is 2.53 bits per heavy atom. The predicted molar refractivity (Wildman–Crippen MR) is 104 cm³/mol. The van der Waals surface area contributed by atoms with E-state index in [4.69, 9.17) is 30.5 Å². The third-order valence-corrected chi connectivity index (χ3v) is 11.2. The summed E-state index contributed by atoms with van der Waals surface area (Å²) in [6, 6.07) is -0.609. The molecular weight excluding hydrogens is 465 g/mol. The molecule has 18 heteroatoms. The maximum absolute atomic E-state index is 12.1. The number of nitrogens with zero attached hydrogens (tertiary/aromatic N) is 4. The van der Waals surface area contributed by atoms with Crippen LogP contribution in [0.2, 0.25) is 0 Å². The fourth-order valence-electron chi connectivity index (χ4n) is 3.01. The Kier molecular flexibility index (Phi) is 6.53. The molecule has 8 N–H and O–H groups in total. The molecule has 5 atom stereocenters. The van der Waals surface area contributed by atoms with Gasteiger partial charge in [0.25, 0.3) is 0 Å². The van der Waals surface area contributed by atoms with Gasteiger partial charge in [-0.05, 0) is 0 Å². The average Bonchev–Trinajstić information content (AvgIpc) is 3.14. The molecule has 0 bridgehead atoms. The highest BCUT2D eigenvalue weighted by Crippen LogP contribution is 2.63. The molecule has 2 aromatic heterocycles. The first kappa shape index (κ1) is 23.4. The van der Waals surface area contributed by atoms with Crippen molar-refractivity contribution in [1.82, 2.24) is 19.5 Å². The summed E-state index contributed by atoms with van der Waals surface area (Å²) in [5.41, 5.74) is 12.5. The van der Waals surface area contributed by atoms with Gasteiger partial charge in [0.05, 0.1) is 19.0 Å². The van der Waals surface area contributed by atoms with Gasteiger partial charge in [0.2, 0.25) is 7.37 Å². The molecule has 168 valence electrons. The fraction of sp³-hybridized carbons (Fsp3) is 0.583. The second kappa shape index (κ2) is 8.36. The minimum Gasteiger partial charge on any atom is -0.382 e. The van der Waals surface area contributed by atoms with Crippen LogP contribution in [0, 0.1) is 0 Å². The summed E-state index contributed by atoms with van der Waals surface area (Å²) in [7, 11) is -14.1. The number of ether oxygens (including phenoxy) is 1. The Labute approximate surface area is 169 Å². The second-order valence-corrected chi connectivity index (χ2v) is 13.7. The van der Waals surface area contributed by atoms with E-state index in [1.54, 1.807) is 4.57 Å². The third-order valence-electron chi connectivity index (χ3n) is 4.23. The number of nitrogens with two attached hydrogens (primary N) is 2. The van der Waals surface area contributed by atoms with Crippen molar-refractivity contribution in [2.45, 2.75) is 24.8 Å². The van der Waals surface area contributed by atoms with E-state index >= 15 is 0 Å². The zero-order valence-electron chi connectivity index (χ0n) is 15.3. The van der Waals surface area contributed by atoms with Gasteiger partial charge >= 0.3 is 15.2 Å². The van der Waals surface area contributed by atoms with Crippen molar-refractivity contribution >= 4 is 39.5 Å². The SMILES string of the molecule is Nc1ncnc2c1ncn2[C@H]1C[C@H](N)[C@@H](COP(=O)(O)CP(=O)(O)CP(=O)(O)O)O1. The summed E-state index contributed by atoms with van der Waals surface area (Å²) in [6.07, 6.45) is 1.53. The Bertz CT molecular complexity index is 1070. The van der Waals surface area contributed by atoms with Crippen LogP contribution in [-0.4, -0.2) is 69.7 Å². The van der Waals surface area contributed by atoms with E-state index in [2.05, 4.69) is 15.0 Å². The van der Waals surface area contributed by atoms with Gasteiger partial charge in [0.15, 0.2) is 11.5 Å². The smallest absolute Gasteiger partial charge is 0.337 e. The molecule has 3 rings (SSSR count). The zero-order valence-corrected chi connectivity index (χ0v) is 18.0. The Morgan fingerprint density at radius 1 is 1.17 bits per heavy atom. The van der Waals surface area contributed by atoms with E-state index in [9.17, 15) is 23.5 Å². The lowest BCUT2D eigenvalue weighted by Gasteiger charge is -2.20. The molecule has 0 radical (unpaired) electrons. The summed E-state index contributed by atoms with van der Waals surface area (Å²) in [5, 5.41) is 0. The molecule has 1 fully saturated rings. The van der Waals surface area contributed by atoms with Crippen LogP contribution in [0.5, 0.6) is 0 Å². The quantitative estimate of drug-likeness (QED) is 0.260. The molecule has 0 spiro atoms. The minimum absolute atomic E-state index is 0.186. The van der Waals surface area contributed by atoms with Crippen molar-refractivity contribution in [1.29, 1.82) is 0 Å². The largest absolute Gasteiger partial charge is 0.382 e. The van der Waals surface area contributed by atoms with Crippen LogP contribution >= 0.6 is 22.6 Å². The molecule has 1 aliphatic rings. The van der Waals surface area contributed by atoms with E-state index < -0.39 is 59.3 Å². The van der Waals surface area contributed by atoms with Gasteiger partial charge in [-0.1, -0.05) is 0 Å². The molecule has 0 aliphatic carbocycles. The molecule has 30 heavy (non-hydrogen) atoms. The van der Waals surface area contributed by atoms with Crippen molar-refractivity contribution in [3.05, 3.63) is 12.7 Å². The monoisotopic (exact) mass is 486 g/mol. The van der Waals surface area contributed by atoms with Gasteiger partial charge in [-0.25, -0.2) is 15.0 Å². The molecule has 0 amide bonds. The minimum atomic E-state index is -4.86. The van der Waals surface area contributed by atoms with Gasteiger partial charge in [0.1, 0.15) is 29.9 Å². The molecule has 3 heterocycles. The summed E-state index contributed by atoms with van der Waals surface area (Å²) in [4.78, 5) is 49.1. The van der Waals surface area contributed by atoms with Crippen LogP contribution in [0.3, 0.4) is 0 Å². The van der Waals surface area contributed by atoms with Gasteiger partial charge in [-0.2, -0.15) is 0 Å². The van der Waals surface area contributed by atoms with Crippen molar-refractivity contribution < 1.29 is 42.5 Å². The van der Waals surface area contributed by atoms with E-state index in [1.807, 2.05) is 0 Å². The van der Waals surface area contributed by atoms with Gasteiger partial charge in [-0.15, -0.1) is 0 Å². The molecule has 15 nitrogen and oxygen atoms in total. The Hall–Kier alpha value is -1.24. The normalized spacial score (nSPS) is 26.5. The molecule has 2 aromatic rings. The van der Waals surface area contributed by atoms with Crippen LogP contribution in [0.4, 0.5) is 5.82 Å². The standard InChI is InChI=1S/C12H21N6O9P3/c13-7-1-9(18-4-17-10-11(14)15-3-16-12(10)18)27-8(7)2-26-30(24,25)6-28(19,20)5-29(21,22)23/h3-4,7-9H,1-2,5-6,13H2,(H,19,20)(H,24,25)(H2,14,15,16)(H2,21,22,23)/t7-,8+,9+/m0/s1. The molecule has 2 unspecified atom stereocenters. The van der Waals surface area contributed by atoms with E-state index in [0.717, 1.165) is 0 Å². The number of aromatic nitrogens is 4. The highest BCUT2D eigenvalue weighted by Gasteiger charge is 2.40. The number of anilines is 1. The number of rotatable bonds is 8. The van der Waals surface area contributed by atoms with Gasteiger partial charge in [-0.3, -0.25) is 18.3 Å². The first-order valence-electron chi connectivity index (χ1n) is 8.42.